The van der Waals surface area contributed by atoms with Crippen LogP contribution in [0.2, 0.25) is 0 Å². The van der Waals surface area contributed by atoms with Gasteiger partial charge < -0.3 is 10.1 Å². The lowest BCUT2D eigenvalue weighted by Crippen LogP contribution is -2.24. The third kappa shape index (κ3) is 3.05. The van der Waals surface area contributed by atoms with E-state index in [-0.39, 0.29) is 6.10 Å². The minimum absolute atomic E-state index is 0.199. The van der Waals surface area contributed by atoms with E-state index in [1.165, 1.54) is 10.4 Å². The fourth-order valence-corrected chi connectivity index (χ4v) is 3.27. The number of nitrogens with zero attached hydrogens (tertiary/aromatic N) is 2. The Bertz CT molecular complexity index is 509. The second-order valence-corrected chi connectivity index (χ2v) is 6.03. The van der Waals surface area contributed by atoms with Crippen LogP contribution in [0.4, 0.5) is 0 Å². The molecule has 19 heavy (non-hydrogen) atoms. The molecule has 0 bridgehead atoms. The van der Waals surface area contributed by atoms with Gasteiger partial charge in [-0.05, 0) is 17.9 Å². The predicted molar refractivity (Wildman–Crippen MR) is 76.0 cm³/mol. The first-order chi connectivity index (χ1) is 9.33. The van der Waals surface area contributed by atoms with E-state index in [1.807, 2.05) is 17.9 Å². The molecule has 3 heterocycles. The number of nitrogens with one attached hydrogen (secondary N) is 1. The van der Waals surface area contributed by atoms with E-state index in [9.17, 15) is 0 Å². The predicted octanol–water partition coefficient (Wildman–Crippen LogP) is 2.35. The summed E-state index contributed by atoms with van der Waals surface area (Å²) in [6.07, 6.45) is 5.30. The average molecular weight is 277 g/mol. The summed E-state index contributed by atoms with van der Waals surface area (Å²) in [4.78, 5) is 1.39. The van der Waals surface area contributed by atoms with E-state index in [0.717, 1.165) is 26.1 Å². The van der Waals surface area contributed by atoms with Crippen LogP contribution < -0.4 is 5.32 Å². The molecule has 2 aromatic heterocycles. The zero-order valence-electron chi connectivity index (χ0n) is 11.1. The normalized spacial score (nSPS) is 23.0. The molecule has 1 N–H and O–H groups in total. The molecule has 1 saturated heterocycles. The van der Waals surface area contributed by atoms with Gasteiger partial charge in [-0.3, -0.25) is 4.68 Å². The zero-order valence-corrected chi connectivity index (χ0v) is 11.9. The Morgan fingerprint density at radius 3 is 3.26 bits per heavy atom. The molecular formula is C14H19N3OS. The van der Waals surface area contributed by atoms with Crippen molar-refractivity contribution in [1.29, 1.82) is 0 Å². The maximum Gasteiger partial charge on any atom is 0.0896 e. The van der Waals surface area contributed by atoms with Crippen molar-refractivity contribution < 1.29 is 4.74 Å². The summed E-state index contributed by atoms with van der Waals surface area (Å²) in [7, 11) is 1.95. The maximum absolute atomic E-state index is 5.86. The van der Waals surface area contributed by atoms with E-state index in [1.54, 1.807) is 11.3 Å². The minimum Gasteiger partial charge on any atom is -0.373 e. The minimum atomic E-state index is 0.199. The van der Waals surface area contributed by atoms with Crippen LogP contribution in [0, 0.1) is 5.92 Å². The van der Waals surface area contributed by atoms with Gasteiger partial charge in [-0.15, -0.1) is 11.3 Å². The molecule has 0 aromatic carbocycles. The second-order valence-electron chi connectivity index (χ2n) is 5.00. The molecular weight excluding hydrogens is 258 g/mol. The van der Waals surface area contributed by atoms with Crippen molar-refractivity contribution in [3.05, 3.63) is 40.3 Å². The second kappa shape index (κ2) is 5.86. The van der Waals surface area contributed by atoms with E-state index in [2.05, 4.69) is 34.1 Å². The van der Waals surface area contributed by atoms with Gasteiger partial charge in [0.2, 0.25) is 0 Å². The van der Waals surface area contributed by atoms with Crippen LogP contribution in [-0.4, -0.2) is 22.9 Å². The van der Waals surface area contributed by atoms with Crippen molar-refractivity contribution in [2.24, 2.45) is 13.0 Å². The van der Waals surface area contributed by atoms with Crippen LogP contribution in [0.1, 0.15) is 23.0 Å². The number of hydrogen-bond donors (Lipinski definition) is 1. The van der Waals surface area contributed by atoms with Crippen molar-refractivity contribution >= 4 is 11.3 Å². The molecule has 0 amide bonds. The van der Waals surface area contributed by atoms with Crippen LogP contribution in [-0.2, 0) is 18.3 Å². The molecule has 0 saturated carbocycles. The third-order valence-electron chi connectivity index (χ3n) is 3.55. The first-order valence-corrected chi connectivity index (χ1v) is 7.54. The number of ether oxygens (including phenoxy) is 1. The monoisotopic (exact) mass is 277 g/mol. The molecule has 2 atom stereocenters. The van der Waals surface area contributed by atoms with Crippen molar-refractivity contribution in [2.45, 2.75) is 19.1 Å². The zero-order chi connectivity index (χ0) is 13.1. The summed E-state index contributed by atoms with van der Waals surface area (Å²) < 4.78 is 7.70. The van der Waals surface area contributed by atoms with Gasteiger partial charge in [-0.25, -0.2) is 0 Å². The van der Waals surface area contributed by atoms with Gasteiger partial charge in [-0.2, -0.15) is 5.10 Å². The lowest BCUT2D eigenvalue weighted by Gasteiger charge is -2.17. The van der Waals surface area contributed by atoms with Gasteiger partial charge >= 0.3 is 0 Å². The molecule has 0 radical (unpaired) electrons. The maximum atomic E-state index is 5.86. The third-order valence-corrected chi connectivity index (χ3v) is 4.43. The Morgan fingerprint density at radius 1 is 1.58 bits per heavy atom. The quantitative estimate of drug-likeness (QED) is 0.912. The van der Waals surface area contributed by atoms with Crippen molar-refractivity contribution in [3.8, 4) is 0 Å². The van der Waals surface area contributed by atoms with Gasteiger partial charge in [0.15, 0.2) is 0 Å². The van der Waals surface area contributed by atoms with Gasteiger partial charge in [-0.1, -0.05) is 6.07 Å². The molecule has 0 unspecified atom stereocenters. The lowest BCUT2D eigenvalue weighted by molar-refractivity contribution is 0.0904. The number of aromatic nitrogens is 2. The Kier molecular flexibility index (Phi) is 3.96. The summed E-state index contributed by atoms with van der Waals surface area (Å²) in [5.74, 6) is 0.546. The van der Waals surface area contributed by atoms with Gasteiger partial charge in [0, 0.05) is 49.3 Å². The Balaban J connectivity index is 1.55. The molecule has 5 heteroatoms. The van der Waals surface area contributed by atoms with E-state index in [4.69, 9.17) is 4.74 Å². The Hall–Kier alpha value is -1.17. The first kappa shape index (κ1) is 12.8. The summed E-state index contributed by atoms with van der Waals surface area (Å²) in [6.45, 7) is 2.80. The highest BCUT2D eigenvalue weighted by molar-refractivity contribution is 7.09. The molecule has 0 aliphatic carbocycles. The smallest absolute Gasteiger partial charge is 0.0896 e. The summed E-state index contributed by atoms with van der Waals surface area (Å²) in [5.41, 5.74) is 1.20. The van der Waals surface area contributed by atoms with Gasteiger partial charge in [0.05, 0.1) is 12.3 Å². The number of rotatable bonds is 5. The van der Waals surface area contributed by atoms with Crippen LogP contribution in [0.25, 0.3) is 0 Å². The van der Waals surface area contributed by atoms with Crippen LogP contribution in [0.5, 0.6) is 0 Å². The molecule has 0 spiro atoms. The van der Waals surface area contributed by atoms with Gasteiger partial charge in [0.1, 0.15) is 0 Å². The fourth-order valence-electron chi connectivity index (χ4n) is 2.59. The largest absolute Gasteiger partial charge is 0.373 e. The van der Waals surface area contributed by atoms with Crippen LogP contribution in [0.3, 0.4) is 0 Å². The molecule has 102 valence electrons. The highest BCUT2D eigenvalue weighted by atomic mass is 32.1. The Labute approximate surface area is 117 Å². The SMILES string of the molecule is Cn1cc([C@@H]2OCC[C@@H]2CNCc2cccs2)cn1. The summed E-state index contributed by atoms with van der Waals surface area (Å²) in [5, 5.41) is 9.89. The molecule has 1 aliphatic heterocycles. The molecule has 4 nitrogen and oxygen atoms in total. The highest BCUT2D eigenvalue weighted by Gasteiger charge is 2.30. The highest BCUT2D eigenvalue weighted by Crippen LogP contribution is 2.33. The molecule has 1 fully saturated rings. The molecule has 3 rings (SSSR count). The fraction of sp³-hybridized carbons (Fsp3) is 0.500. The van der Waals surface area contributed by atoms with Crippen molar-refractivity contribution in [3.63, 3.8) is 0 Å². The summed E-state index contributed by atoms with van der Waals surface area (Å²) in [6, 6.07) is 4.26. The molecule has 1 aliphatic rings. The van der Waals surface area contributed by atoms with Gasteiger partial charge in [0.25, 0.3) is 0 Å². The van der Waals surface area contributed by atoms with Crippen molar-refractivity contribution in [1.82, 2.24) is 15.1 Å². The topological polar surface area (TPSA) is 39.1 Å². The number of thiophene rings is 1. The average Bonchev–Trinajstić information content (AvgIpc) is 3.10. The number of aryl methyl sites for hydroxylation is 1. The number of hydrogen-bond acceptors (Lipinski definition) is 4. The van der Waals surface area contributed by atoms with Crippen LogP contribution in [0.15, 0.2) is 29.9 Å². The standard InChI is InChI=1S/C14H19N3OS/c1-17-10-12(8-16-17)14-11(4-5-18-14)7-15-9-13-3-2-6-19-13/h2-3,6,8,10-11,14-15H,4-5,7,9H2,1H3/t11-,14-/m1/s1. The first-order valence-electron chi connectivity index (χ1n) is 6.66. The van der Waals surface area contributed by atoms with E-state index in [0.29, 0.717) is 5.92 Å². The molecule has 2 aromatic rings. The van der Waals surface area contributed by atoms with Crippen molar-refractivity contribution in [2.75, 3.05) is 13.2 Å². The van der Waals surface area contributed by atoms with Crippen LogP contribution >= 0.6 is 11.3 Å². The van der Waals surface area contributed by atoms with E-state index >= 15 is 0 Å². The van der Waals surface area contributed by atoms with E-state index < -0.39 is 0 Å². The summed E-state index contributed by atoms with van der Waals surface area (Å²) >= 11 is 1.80. The lowest BCUT2D eigenvalue weighted by atomic mass is 9.97. The Morgan fingerprint density at radius 2 is 2.53 bits per heavy atom.